The molecule has 0 radical (unpaired) electrons. The van der Waals surface area contributed by atoms with Crippen molar-refractivity contribution in [2.24, 2.45) is 18.4 Å². The van der Waals surface area contributed by atoms with Gasteiger partial charge in [-0.15, -0.1) is 0 Å². The second kappa shape index (κ2) is 5.83. The van der Waals surface area contributed by atoms with Crippen LogP contribution in [0.5, 0.6) is 0 Å². The van der Waals surface area contributed by atoms with Gasteiger partial charge in [-0.25, -0.2) is 0 Å². The van der Waals surface area contributed by atoms with Crippen LogP contribution in [0.15, 0.2) is 16.8 Å². The van der Waals surface area contributed by atoms with Crippen LogP contribution in [0.3, 0.4) is 0 Å². The Morgan fingerprint density at radius 3 is 2.91 bits per heavy atom. The first-order valence-electron chi connectivity index (χ1n) is 8.08. The fraction of sp³-hybridized carbons (Fsp3) is 0.588. The SMILES string of the molecule is Cn1ccc(CNC(=O)c2noc3c2CC(C(C)(C)C)CC3)n1. The minimum Gasteiger partial charge on any atom is -0.360 e. The van der Waals surface area contributed by atoms with E-state index in [2.05, 4.69) is 36.3 Å². The summed E-state index contributed by atoms with van der Waals surface area (Å²) >= 11 is 0. The lowest BCUT2D eigenvalue weighted by molar-refractivity contribution is 0.0940. The molecule has 6 heteroatoms. The summed E-state index contributed by atoms with van der Waals surface area (Å²) < 4.78 is 7.11. The molecule has 0 spiro atoms. The van der Waals surface area contributed by atoms with Gasteiger partial charge in [-0.3, -0.25) is 9.48 Å². The summed E-state index contributed by atoms with van der Waals surface area (Å²) in [6.45, 7) is 7.13. The molecule has 0 saturated carbocycles. The van der Waals surface area contributed by atoms with E-state index < -0.39 is 0 Å². The minimum absolute atomic E-state index is 0.185. The van der Waals surface area contributed by atoms with Crippen LogP contribution in [-0.2, 0) is 26.4 Å². The molecule has 124 valence electrons. The van der Waals surface area contributed by atoms with Crippen molar-refractivity contribution in [2.45, 2.75) is 46.6 Å². The van der Waals surface area contributed by atoms with E-state index in [0.717, 1.165) is 36.3 Å². The van der Waals surface area contributed by atoms with Crippen molar-refractivity contribution in [3.8, 4) is 0 Å². The van der Waals surface area contributed by atoms with Gasteiger partial charge in [0.15, 0.2) is 5.69 Å². The molecule has 1 unspecified atom stereocenters. The Bertz CT molecular complexity index is 708. The fourth-order valence-corrected chi connectivity index (χ4v) is 3.13. The van der Waals surface area contributed by atoms with Crippen molar-refractivity contribution >= 4 is 5.91 Å². The number of nitrogens with zero attached hydrogens (tertiary/aromatic N) is 3. The highest BCUT2D eigenvalue weighted by molar-refractivity contribution is 5.93. The molecule has 3 rings (SSSR count). The summed E-state index contributed by atoms with van der Waals surface area (Å²) in [5.74, 6) is 1.22. The molecule has 2 aromatic heterocycles. The number of aromatic nitrogens is 3. The molecular weight excluding hydrogens is 292 g/mol. The van der Waals surface area contributed by atoms with Gasteiger partial charge in [-0.05, 0) is 30.2 Å². The molecule has 2 aromatic rings. The van der Waals surface area contributed by atoms with Crippen molar-refractivity contribution in [1.82, 2.24) is 20.3 Å². The maximum atomic E-state index is 12.4. The summed E-state index contributed by atoms with van der Waals surface area (Å²) in [4.78, 5) is 12.4. The molecule has 2 heterocycles. The van der Waals surface area contributed by atoms with E-state index in [9.17, 15) is 4.79 Å². The highest BCUT2D eigenvalue weighted by Gasteiger charge is 2.34. The maximum Gasteiger partial charge on any atom is 0.274 e. The molecule has 0 bridgehead atoms. The van der Waals surface area contributed by atoms with Crippen LogP contribution in [-0.4, -0.2) is 20.8 Å². The average molecular weight is 316 g/mol. The van der Waals surface area contributed by atoms with E-state index in [1.807, 2.05) is 19.3 Å². The van der Waals surface area contributed by atoms with E-state index in [0.29, 0.717) is 18.2 Å². The topological polar surface area (TPSA) is 73.0 Å². The molecule has 1 N–H and O–H groups in total. The minimum atomic E-state index is -0.185. The first kappa shape index (κ1) is 15.8. The van der Waals surface area contributed by atoms with Gasteiger partial charge < -0.3 is 9.84 Å². The lowest BCUT2D eigenvalue weighted by atomic mass is 9.71. The summed E-state index contributed by atoms with van der Waals surface area (Å²) in [7, 11) is 1.85. The third-order valence-electron chi connectivity index (χ3n) is 4.68. The van der Waals surface area contributed by atoms with Gasteiger partial charge >= 0.3 is 0 Å². The third-order valence-corrected chi connectivity index (χ3v) is 4.68. The van der Waals surface area contributed by atoms with Crippen molar-refractivity contribution < 1.29 is 9.32 Å². The van der Waals surface area contributed by atoms with Gasteiger partial charge in [0.2, 0.25) is 0 Å². The quantitative estimate of drug-likeness (QED) is 0.944. The molecule has 6 nitrogen and oxygen atoms in total. The number of hydrogen-bond acceptors (Lipinski definition) is 4. The number of amides is 1. The summed E-state index contributed by atoms with van der Waals surface area (Å²) in [5, 5.41) is 11.2. The highest BCUT2D eigenvalue weighted by atomic mass is 16.5. The maximum absolute atomic E-state index is 12.4. The van der Waals surface area contributed by atoms with Gasteiger partial charge in [0.1, 0.15) is 5.76 Å². The Balaban J connectivity index is 1.72. The van der Waals surface area contributed by atoms with Gasteiger partial charge in [0, 0.05) is 25.2 Å². The number of rotatable bonds is 3. The Morgan fingerprint density at radius 2 is 2.26 bits per heavy atom. The summed E-state index contributed by atoms with van der Waals surface area (Å²) in [6.07, 6.45) is 4.65. The van der Waals surface area contributed by atoms with Crippen LogP contribution >= 0.6 is 0 Å². The number of hydrogen-bond donors (Lipinski definition) is 1. The zero-order chi connectivity index (χ0) is 16.6. The van der Waals surface area contributed by atoms with Gasteiger partial charge in [0.25, 0.3) is 5.91 Å². The van der Waals surface area contributed by atoms with E-state index in [4.69, 9.17) is 4.52 Å². The van der Waals surface area contributed by atoms with E-state index in [1.54, 1.807) is 4.68 Å². The fourth-order valence-electron chi connectivity index (χ4n) is 3.13. The number of carbonyl (C=O) groups is 1. The van der Waals surface area contributed by atoms with E-state index in [1.165, 1.54) is 0 Å². The van der Waals surface area contributed by atoms with Crippen LogP contribution in [0.25, 0.3) is 0 Å². The van der Waals surface area contributed by atoms with E-state index >= 15 is 0 Å². The summed E-state index contributed by atoms with van der Waals surface area (Å²) in [5.41, 5.74) is 2.46. The first-order chi connectivity index (χ1) is 10.8. The van der Waals surface area contributed by atoms with Gasteiger partial charge in [-0.1, -0.05) is 25.9 Å². The average Bonchev–Trinajstić information content (AvgIpc) is 3.09. The molecule has 1 aliphatic rings. The van der Waals surface area contributed by atoms with Crippen molar-refractivity contribution in [3.05, 3.63) is 35.0 Å². The highest BCUT2D eigenvalue weighted by Crippen LogP contribution is 2.38. The lowest BCUT2D eigenvalue weighted by Gasteiger charge is -2.33. The second-order valence-electron chi connectivity index (χ2n) is 7.40. The largest absolute Gasteiger partial charge is 0.360 e. The normalized spacial score (nSPS) is 17.8. The number of carbonyl (C=O) groups excluding carboxylic acids is 1. The lowest BCUT2D eigenvalue weighted by Crippen LogP contribution is -2.29. The Morgan fingerprint density at radius 1 is 1.48 bits per heavy atom. The zero-order valence-corrected chi connectivity index (χ0v) is 14.2. The molecule has 0 aliphatic heterocycles. The first-order valence-corrected chi connectivity index (χ1v) is 8.08. The molecule has 0 fully saturated rings. The number of aryl methyl sites for hydroxylation is 2. The molecule has 1 aliphatic carbocycles. The van der Waals surface area contributed by atoms with Gasteiger partial charge in [0.05, 0.1) is 12.2 Å². The number of nitrogens with one attached hydrogen (secondary N) is 1. The molecule has 0 aromatic carbocycles. The van der Waals surface area contributed by atoms with Crippen LogP contribution in [0, 0.1) is 11.3 Å². The van der Waals surface area contributed by atoms with E-state index in [-0.39, 0.29) is 11.3 Å². The van der Waals surface area contributed by atoms with Crippen molar-refractivity contribution in [3.63, 3.8) is 0 Å². The Labute approximate surface area is 136 Å². The standard InChI is InChI=1S/C17H24N4O2/c1-17(2,3)11-5-6-14-13(9-11)15(20-23-14)16(22)18-10-12-7-8-21(4)19-12/h7-8,11H,5-6,9-10H2,1-4H3,(H,18,22). The molecule has 1 atom stereocenters. The van der Waals surface area contributed by atoms with Crippen LogP contribution in [0.1, 0.15) is 54.7 Å². The molecule has 0 saturated heterocycles. The van der Waals surface area contributed by atoms with Crippen LogP contribution in [0.4, 0.5) is 0 Å². The number of fused-ring (bicyclic) bond motifs is 1. The van der Waals surface area contributed by atoms with Crippen LogP contribution in [0.2, 0.25) is 0 Å². The van der Waals surface area contributed by atoms with Crippen molar-refractivity contribution in [1.29, 1.82) is 0 Å². The third kappa shape index (κ3) is 3.30. The molecule has 23 heavy (non-hydrogen) atoms. The van der Waals surface area contributed by atoms with Crippen LogP contribution < -0.4 is 5.32 Å². The predicted molar refractivity (Wildman–Crippen MR) is 85.9 cm³/mol. The summed E-state index contributed by atoms with van der Waals surface area (Å²) in [6, 6.07) is 1.88. The smallest absolute Gasteiger partial charge is 0.274 e. The Kier molecular flexibility index (Phi) is 4.00. The monoisotopic (exact) mass is 316 g/mol. The predicted octanol–water partition coefficient (Wildman–Crippen LogP) is 2.49. The molecule has 1 amide bonds. The molecular formula is C17H24N4O2. The van der Waals surface area contributed by atoms with Crippen molar-refractivity contribution in [2.75, 3.05) is 0 Å². The second-order valence-corrected chi connectivity index (χ2v) is 7.40. The van der Waals surface area contributed by atoms with Gasteiger partial charge in [-0.2, -0.15) is 5.10 Å². The Hall–Kier alpha value is -2.11. The zero-order valence-electron chi connectivity index (χ0n) is 14.2.